The number of H-pyrrole nitrogens is 1. The Labute approximate surface area is 139 Å². The van der Waals surface area contributed by atoms with Gasteiger partial charge in [0, 0.05) is 11.5 Å². The molecule has 0 spiro atoms. The van der Waals surface area contributed by atoms with Crippen molar-refractivity contribution in [3.63, 3.8) is 0 Å². The van der Waals surface area contributed by atoms with Gasteiger partial charge in [0.05, 0.1) is 22.9 Å². The van der Waals surface area contributed by atoms with Crippen molar-refractivity contribution in [2.75, 3.05) is 6.54 Å². The highest BCUT2D eigenvalue weighted by Crippen LogP contribution is 2.23. The van der Waals surface area contributed by atoms with Crippen LogP contribution in [0.4, 0.5) is 0 Å². The Bertz CT molecular complexity index is 638. The van der Waals surface area contributed by atoms with Crippen molar-refractivity contribution >= 4 is 23.2 Å². The van der Waals surface area contributed by atoms with Crippen molar-refractivity contribution in [2.24, 2.45) is 5.73 Å². The highest BCUT2D eigenvalue weighted by Gasteiger charge is 2.11. The van der Waals surface area contributed by atoms with Gasteiger partial charge in [0.2, 0.25) is 0 Å². The second-order valence-electron chi connectivity index (χ2n) is 4.66. The van der Waals surface area contributed by atoms with Crippen LogP contribution in [0.3, 0.4) is 0 Å². The lowest BCUT2D eigenvalue weighted by atomic mass is 10.1. The smallest absolute Gasteiger partial charge is 0.113 e. The first-order chi connectivity index (χ1) is 11.1. The number of rotatable bonds is 5. The molecule has 0 unspecified atom stereocenters. The predicted octanol–water partition coefficient (Wildman–Crippen LogP) is 4.69. The molecule has 2 rings (SSSR count). The fourth-order valence-electron chi connectivity index (χ4n) is 1.72. The topological polar surface area (TPSA) is 67.6 Å². The van der Waals surface area contributed by atoms with Gasteiger partial charge in [-0.05, 0) is 19.0 Å². The number of nitrogens with one attached hydrogen (secondary N) is 1. The minimum absolute atomic E-state index is 0.187. The molecule has 2 aromatic rings. The molecular formula is C19H28N4. The molecule has 0 bridgehead atoms. The summed E-state index contributed by atoms with van der Waals surface area (Å²) in [5, 5.41) is 0. The third-order valence-electron chi connectivity index (χ3n) is 3.08. The van der Waals surface area contributed by atoms with E-state index >= 15 is 0 Å². The maximum atomic E-state index is 5.03. The van der Waals surface area contributed by atoms with E-state index in [-0.39, 0.29) is 5.92 Å². The molecule has 4 heteroatoms. The molecule has 0 saturated heterocycles. The van der Waals surface area contributed by atoms with Crippen LogP contribution >= 0.6 is 0 Å². The van der Waals surface area contributed by atoms with Crippen molar-refractivity contribution in [3.05, 3.63) is 62.2 Å². The Kier molecular flexibility index (Phi) is 9.96. The second kappa shape index (κ2) is 11.2. The number of aromatic amines is 1. The Balaban J connectivity index is 0.000000705. The van der Waals surface area contributed by atoms with Crippen molar-refractivity contribution in [3.8, 4) is 0 Å². The molecule has 0 aromatic carbocycles. The van der Waals surface area contributed by atoms with Crippen molar-refractivity contribution in [1.29, 1.82) is 0 Å². The summed E-state index contributed by atoms with van der Waals surface area (Å²) in [5.74, 6) is 1.08. The third-order valence-corrected chi connectivity index (χ3v) is 3.08. The summed E-state index contributed by atoms with van der Waals surface area (Å²) in [6.07, 6.45) is 8.19. The number of aromatic nitrogens is 3. The second-order valence-corrected chi connectivity index (χ2v) is 4.66. The SMILES string of the molecule is C=C.C=Cc1ncc2[nH]c([C@@H](C)C=C)nc2c1C=C.CCCN. The van der Waals surface area contributed by atoms with Crippen LogP contribution in [0.15, 0.2) is 45.2 Å². The lowest BCUT2D eigenvalue weighted by Gasteiger charge is -1.99. The number of nitrogens with zero attached hydrogens (tertiary/aromatic N) is 2. The van der Waals surface area contributed by atoms with E-state index in [0.29, 0.717) is 0 Å². The number of fused-ring (bicyclic) bond motifs is 1. The van der Waals surface area contributed by atoms with Crippen molar-refractivity contribution < 1.29 is 0 Å². The number of imidazole rings is 1. The number of hydrogen-bond donors (Lipinski definition) is 2. The molecule has 3 N–H and O–H groups in total. The molecule has 0 amide bonds. The van der Waals surface area contributed by atoms with Gasteiger partial charge in [-0.25, -0.2) is 4.98 Å². The Hall–Kier alpha value is -2.46. The third kappa shape index (κ3) is 5.34. The average molecular weight is 312 g/mol. The fraction of sp³-hybridized carbons (Fsp3) is 0.263. The van der Waals surface area contributed by atoms with Gasteiger partial charge < -0.3 is 10.7 Å². The summed E-state index contributed by atoms with van der Waals surface area (Å²) < 4.78 is 0. The molecule has 23 heavy (non-hydrogen) atoms. The number of pyridine rings is 1. The summed E-state index contributed by atoms with van der Waals surface area (Å²) >= 11 is 0. The summed E-state index contributed by atoms with van der Waals surface area (Å²) in [5.41, 5.74) is 8.54. The quantitative estimate of drug-likeness (QED) is 0.787. The van der Waals surface area contributed by atoms with Crippen LogP contribution in [0.5, 0.6) is 0 Å². The van der Waals surface area contributed by atoms with Gasteiger partial charge in [0.15, 0.2) is 0 Å². The van der Waals surface area contributed by atoms with E-state index < -0.39 is 0 Å². The molecule has 0 fully saturated rings. The predicted molar refractivity (Wildman–Crippen MR) is 103 cm³/mol. The van der Waals surface area contributed by atoms with Gasteiger partial charge in [-0.1, -0.05) is 39.2 Å². The van der Waals surface area contributed by atoms with E-state index in [1.54, 1.807) is 18.3 Å². The lowest BCUT2D eigenvalue weighted by molar-refractivity contribution is 0.880. The summed E-state index contributed by atoms with van der Waals surface area (Å²) in [7, 11) is 0. The van der Waals surface area contributed by atoms with E-state index in [4.69, 9.17) is 5.73 Å². The lowest BCUT2D eigenvalue weighted by Crippen LogP contribution is -1.93. The molecule has 2 aromatic heterocycles. The number of nitrogens with two attached hydrogens (primary N) is 1. The minimum atomic E-state index is 0.187. The first-order valence-electron chi connectivity index (χ1n) is 7.58. The van der Waals surface area contributed by atoms with Gasteiger partial charge in [0.1, 0.15) is 5.82 Å². The highest BCUT2D eigenvalue weighted by molar-refractivity contribution is 5.87. The number of hydrogen-bond acceptors (Lipinski definition) is 3. The molecular weight excluding hydrogens is 284 g/mol. The Morgan fingerprint density at radius 3 is 2.30 bits per heavy atom. The number of allylic oxidation sites excluding steroid dienone is 1. The van der Waals surface area contributed by atoms with E-state index in [1.165, 1.54) is 0 Å². The van der Waals surface area contributed by atoms with Gasteiger partial charge in [-0.3, -0.25) is 4.98 Å². The Morgan fingerprint density at radius 1 is 1.26 bits per heavy atom. The van der Waals surface area contributed by atoms with Crippen molar-refractivity contribution in [2.45, 2.75) is 26.2 Å². The van der Waals surface area contributed by atoms with Crippen LogP contribution in [-0.2, 0) is 0 Å². The van der Waals surface area contributed by atoms with Crippen LogP contribution in [0, 0.1) is 0 Å². The fourth-order valence-corrected chi connectivity index (χ4v) is 1.72. The zero-order valence-electron chi connectivity index (χ0n) is 14.3. The molecule has 0 aliphatic heterocycles. The van der Waals surface area contributed by atoms with Crippen LogP contribution in [0.25, 0.3) is 23.2 Å². The zero-order valence-corrected chi connectivity index (χ0v) is 14.3. The first-order valence-corrected chi connectivity index (χ1v) is 7.58. The van der Waals surface area contributed by atoms with Crippen molar-refractivity contribution in [1.82, 2.24) is 15.0 Å². The Morgan fingerprint density at radius 2 is 1.87 bits per heavy atom. The van der Waals surface area contributed by atoms with Gasteiger partial charge in [-0.15, -0.1) is 19.7 Å². The molecule has 1 atom stereocenters. The maximum Gasteiger partial charge on any atom is 0.113 e. The minimum Gasteiger partial charge on any atom is -0.340 e. The van der Waals surface area contributed by atoms with E-state index in [9.17, 15) is 0 Å². The molecule has 0 aliphatic carbocycles. The van der Waals surface area contributed by atoms with E-state index in [0.717, 1.165) is 41.1 Å². The zero-order chi connectivity index (χ0) is 17.8. The van der Waals surface area contributed by atoms with Gasteiger partial charge >= 0.3 is 0 Å². The largest absolute Gasteiger partial charge is 0.340 e. The molecule has 2 heterocycles. The summed E-state index contributed by atoms with van der Waals surface area (Å²) in [6, 6.07) is 0. The monoisotopic (exact) mass is 312 g/mol. The van der Waals surface area contributed by atoms with Gasteiger partial charge in [0.25, 0.3) is 0 Å². The highest BCUT2D eigenvalue weighted by atomic mass is 14.9. The van der Waals surface area contributed by atoms with E-state index in [2.05, 4.69) is 54.8 Å². The summed E-state index contributed by atoms with van der Waals surface area (Å²) in [4.78, 5) is 12.1. The van der Waals surface area contributed by atoms with Crippen LogP contribution in [-0.4, -0.2) is 21.5 Å². The standard InChI is InChI=1S/C14H15N3.C3H9N.C2H4/c1-5-9(4)14-16-12-8-15-11(7-3)10(6-2)13(12)17-14;1-2-3-4;1-2/h5-9H,1-3H2,4H3,(H,16,17);2-4H2,1H3;1-2H2/t9-;;/m0../s1. The maximum absolute atomic E-state index is 5.03. The molecule has 124 valence electrons. The molecule has 0 saturated carbocycles. The van der Waals surface area contributed by atoms with E-state index in [1.807, 2.05) is 13.0 Å². The van der Waals surface area contributed by atoms with Crippen LogP contribution in [0.2, 0.25) is 0 Å². The van der Waals surface area contributed by atoms with Crippen LogP contribution < -0.4 is 5.73 Å². The average Bonchev–Trinajstić information content (AvgIpc) is 3.06. The normalized spacial score (nSPS) is 10.6. The first kappa shape index (κ1) is 20.5. The molecule has 0 radical (unpaired) electrons. The molecule has 0 aliphatic rings. The molecule has 4 nitrogen and oxygen atoms in total. The van der Waals surface area contributed by atoms with Crippen LogP contribution in [0.1, 0.15) is 43.3 Å². The van der Waals surface area contributed by atoms with Gasteiger partial charge in [-0.2, -0.15) is 0 Å². The summed E-state index contributed by atoms with van der Waals surface area (Å²) in [6.45, 7) is 22.2.